The summed E-state index contributed by atoms with van der Waals surface area (Å²) in [5.41, 5.74) is 0. The van der Waals surface area contributed by atoms with E-state index in [0.29, 0.717) is 6.04 Å². The van der Waals surface area contributed by atoms with Crippen molar-refractivity contribution in [1.82, 2.24) is 10.2 Å². The van der Waals surface area contributed by atoms with Gasteiger partial charge in [-0.15, -0.1) is 11.8 Å². The lowest BCUT2D eigenvalue weighted by Crippen LogP contribution is -2.33. The first kappa shape index (κ1) is 15.5. The third-order valence-corrected chi connectivity index (χ3v) is 3.78. The Kier molecular flexibility index (Phi) is 8.09. The van der Waals surface area contributed by atoms with E-state index in [-0.39, 0.29) is 0 Å². The molecule has 0 aliphatic carbocycles. The second-order valence-electron chi connectivity index (χ2n) is 4.49. The Morgan fingerprint density at radius 1 is 1.28 bits per heavy atom. The van der Waals surface area contributed by atoms with Gasteiger partial charge in [-0.1, -0.05) is 18.2 Å². The monoisotopic (exact) mass is 268 g/mol. The Balaban J connectivity index is 2.17. The van der Waals surface area contributed by atoms with E-state index >= 15 is 0 Å². The summed E-state index contributed by atoms with van der Waals surface area (Å²) in [6.07, 6.45) is 0. The van der Waals surface area contributed by atoms with Gasteiger partial charge in [-0.3, -0.25) is 0 Å². The standard InChI is InChI=1S/C14H24N2OS/c1-15-13(11-17-10-9-16(2)3)12-18-14-7-5-4-6-8-14/h4-8,13,15H,9-12H2,1-3H3/t13-/m1/s1. The van der Waals surface area contributed by atoms with Gasteiger partial charge in [0.1, 0.15) is 0 Å². The first-order valence-electron chi connectivity index (χ1n) is 6.30. The zero-order valence-electron chi connectivity index (χ0n) is 11.6. The molecule has 0 unspecified atom stereocenters. The van der Waals surface area contributed by atoms with Crippen LogP contribution in [0, 0.1) is 0 Å². The van der Waals surface area contributed by atoms with Crippen molar-refractivity contribution in [2.24, 2.45) is 0 Å². The lowest BCUT2D eigenvalue weighted by atomic mass is 10.4. The molecule has 0 heterocycles. The summed E-state index contributed by atoms with van der Waals surface area (Å²) in [5.74, 6) is 1.03. The number of hydrogen-bond acceptors (Lipinski definition) is 4. The molecule has 0 aromatic heterocycles. The molecule has 1 atom stereocenters. The van der Waals surface area contributed by atoms with Crippen LogP contribution >= 0.6 is 11.8 Å². The zero-order chi connectivity index (χ0) is 13.2. The third-order valence-electron chi connectivity index (χ3n) is 2.60. The molecule has 102 valence electrons. The van der Waals surface area contributed by atoms with Crippen LogP contribution in [0.3, 0.4) is 0 Å². The Morgan fingerprint density at radius 2 is 2.00 bits per heavy atom. The molecular weight excluding hydrogens is 244 g/mol. The molecule has 0 saturated heterocycles. The number of nitrogens with zero attached hydrogens (tertiary/aromatic N) is 1. The average Bonchev–Trinajstić information content (AvgIpc) is 2.39. The summed E-state index contributed by atoms with van der Waals surface area (Å²) < 4.78 is 5.67. The highest BCUT2D eigenvalue weighted by atomic mass is 32.2. The summed E-state index contributed by atoms with van der Waals surface area (Å²) in [4.78, 5) is 3.44. The molecule has 0 aliphatic heterocycles. The quantitative estimate of drug-likeness (QED) is 0.546. The van der Waals surface area contributed by atoms with Crippen LogP contribution in [0.25, 0.3) is 0 Å². The Bertz CT molecular complexity index is 306. The normalized spacial score (nSPS) is 12.9. The topological polar surface area (TPSA) is 24.5 Å². The summed E-state index contributed by atoms with van der Waals surface area (Å²) in [7, 11) is 6.11. The fraction of sp³-hybridized carbons (Fsp3) is 0.571. The van der Waals surface area contributed by atoms with Gasteiger partial charge in [-0.25, -0.2) is 0 Å². The molecular formula is C14H24N2OS. The number of likely N-dealkylation sites (N-methyl/N-ethyl adjacent to an activating group) is 2. The number of benzene rings is 1. The summed E-state index contributed by atoms with van der Waals surface area (Å²) in [6, 6.07) is 10.9. The van der Waals surface area contributed by atoms with Crippen LogP contribution < -0.4 is 5.32 Å². The largest absolute Gasteiger partial charge is 0.378 e. The maximum Gasteiger partial charge on any atom is 0.0628 e. The van der Waals surface area contributed by atoms with Crippen molar-refractivity contribution in [3.05, 3.63) is 30.3 Å². The molecule has 0 fully saturated rings. The second kappa shape index (κ2) is 9.39. The number of nitrogens with one attached hydrogen (secondary N) is 1. The van der Waals surface area contributed by atoms with E-state index in [1.54, 1.807) is 0 Å². The van der Waals surface area contributed by atoms with Gasteiger partial charge in [0.2, 0.25) is 0 Å². The fourth-order valence-electron chi connectivity index (χ4n) is 1.40. The van der Waals surface area contributed by atoms with Gasteiger partial charge in [0.25, 0.3) is 0 Å². The molecule has 3 nitrogen and oxygen atoms in total. The van der Waals surface area contributed by atoms with Gasteiger partial charge < -0.3 is 15.0 Å². The second-order valence-corrected chi connectivity index (χ2v) is 5.58. The van der Waals surface area contributed by atoms with E-state index in [2.05, 4.69) is 48.6 Å². The van der Waals surface area contributed by atoms with Gasteiger partial charge in [-0.2, -0.15) is 0 Å². The molecule has 0 radical (unpaired) electrons. The van der Waals surface area contributed by atoms with E-state index in [1.807, 2.05) is 24.9 Å². The highest BCUT2D eigenvalue weighted by Crippen LogP contribution is 2.17. The van der Waals surface area contributed by atoms with Crippen LogP contribution in [-0.2, 0) is 4.74 Å². The lowest BCUT2D eigenvalue weighted by molar-refractivity contribution is 0.104. The highest BCUT2D eigenvalue weighted by Gasteiger charge is 2.06. The Labute approximate surface area is 115 Å². The third kappa shape index (κ3) is 7.01. The Hall–Kier alpha value is -0.550. The molecule has 18 heavy (non-hydrogen) atoms. The van der Waals surface area contributed by atoms with Gasteiger partial charge >= 0.3 is 0 Å². The van der Waals surface area contributed by atoms with E-state index in [1.165, 1.54) is 4.90 Å². The van der Waals surface area contributed by atoms with Crippen LogP contribution in [0.1, 0.15) is 0 Å². The predicted molar refractivity (Wildman–Crippen MR) is 79.4 cm³/mol. The highest BCUT2D eigenvalue weighted by molar-refractivity contribution is 7.99. The SMILES string of the molecule is CN[C@H](COCCN(C)C)CSc1ccccc1. The fourth-order valence-corrected chi connectivity index (χ4v) is 2.41. The molecule has 1 N–H and O–H groups in total. The van der Waals surface area contributed by atoms with Crippen molar-refractivity contribution in [3.63, 3.8) is 0 Å². The number of hydrogen-bond donors (Lipinski definition) is 1. The van der Waals surface area contributed by atoms with E-state index < -0.39 is 0 Å². The molecule has 1 rings (SSSR count). The first-order valence-corrected chi connectivity index (χ1v) is 7.28. The zero-order valence-corrected chi connectivity index (χ0v) is 12.4. The minimum Gasteiger partial charge on any atom is -0.378 e. The average molecular weight is 268 g/mol. The van der Waals surface area contributed by atoms with Crippen molar-refractivity contribution in [1.29, 1.82) is 0 Å². The molecule has 1 aromatic rings. The van der Waals surface area contributed by atoms with Crippen molar-refractivity contribution in [2.45, 2.75) is 10.9 Å². The minimum absolute atomic E-state index is 0.400. The van der Waals surface area contributed by atoms with Crippen molar-refractivity contribution >= 4 is 11.8 Å². The van der Waals surface area contributed by atoms with Crippen LogP contribution in [0.15, 0.2) is 35.2 Å². The molecule has 0 saturated carbocycles. The smallest absolute Gasteiger partial charge is 0.0628 e. The lowest BCUT2D eigenvalue weighted by Gasteiger charge is -2.17. The summed E-state index contributed by atoms with van der Waals surface area (Å²) in [5, 5.41) is 3.30. The Morgan fingerprint density at radius 3 is 2.61 bits per heavy atom. The molecule has 0 aliphatic rings. The summed E-state index contributed by atoms with van der Waals surface area (Å²) in [6.45, 7) is 2.54. The van der Waals surface area contributed by atoms with Crippen LogP contribution in [0.5, 0.6) is 0 Å². The van der Waals surface area contributed by atoms with E-state index in [0.717, 1.165) is 25.5 Å². The minimum atomic E-state index is 0.400. The van der Waals surface area contributed by atoms with Crippen molar-refractivity contribution in [3.8, 4) is 0 Å². The maximum atomic E-state index is 5.67. The van der Waals surface area contributed by atoms with Gasteiger partial charge in [0.05, 0.1) is 13.2 Å². The van der Waals surface area contributed by atoms with Crippen LogP contribution in [0.2, 0.25) is 0 Å². The van der Waals surface area contributed by atoms with E-state index in [4.69, 9.17) is 4.74 Å². The molecule has 0 spiro atoms. The first-order chi connectivity index (χ1) is 8.72. The maximum absolute atomic E-state index is 5.67. The molecule has 0 bridgehead atoms. The number of rotatable bonds is 9. The van der Waals surface area contributed by atoms with E-state index in [9.17, 15) is 0 Å². The molecule has 4 heteroatoms. The van der Waals surface area contributed by atoms with Crippen molar-refractivity contribution in [2.75, 3.05) is 46.7 Å². The predicted octanol–water partition coefficient (Wildman–Crippen LogP) is 1.94. The van der Waals surface area contributed by atoms with Gasteiger partial charge in [0, 0.05) is 23.2 Å². The number of ether oxygens (including phenoxy) is 1. The molecule has 0 amide bonds. The van der Waals surface area contributed by atoms with Crippen LogP contribution in [0.4, 0.5) is 0 Å². The van der Waals surface area contributed by atoms with Gasteiger partial charge in [-0.05, 0) is 33.3 Å². The van der Waals surface area contributed by atoms with Gasteiger partial charge in [0.15, 0.2) is 0 Å². The number of thioether (sulfide) groups is 1. The summed E-state index contributed by atoms with van der Waals surface area (Å²) >= 11 is 1.86. The van der Waals surface area contributed by atoms with Crippen LogP contribution in [-0.4, -0.2) is 57.6 Å². The van der Waals surface area contributed by atoms with Crippen molar-refractivity contribution < 1.29 is 4.74 Å². The molecule has 1 aromatic carbocycles.